The molecular formula is C19H16N2O. The molecule has 1 unspecified atom stereocenters. The molecule has 0 aliphatic heterocycles. The quantitative estimate of drug-likeness (QED) is 0.781. The summed E-state index contributed by atoms with van der Waals surface area (Å²) in [6.45, 7) is 1.97. The van der Waals surface area contributed by atoms with E-state index in [2.05, 4.69) is 0 Å². The largest absolute Gasteiger partial charge is 0.294 e. The molecule has 0 amide bonds. The van der Waals surface area contributed by atoms with Crippen LogP contribution in [0, 0.1) is 35.5 Å². The van der Waals surface area contributed by atoms with Crippen molar-refractivity contribution in [3.8, 4) is 12.1 Å². The first-order valence-corrected chi connectivity index (χ1v) is 7.09. The van der Waals surface area contributed by atoms with Gasteiger partial charge in [0.1, 0.15) is 5.92 Å². The molecule has 0 spiro atoms. The van der Waals surface area contributed by atoms with Crippen LogP contribution in [0.1, 0.15) is 33.8 Å². The van der Waals surface area contributed by atoms with Crippen LogP contribution in [0.4, 0.5) is 0 Å². The second-order valence-corrected chi connectivity index (χ2v) is 5.25. The third kappa shape index (κ3) is 3.59. The number of hydrogen-bond acceptors (Lipinski definition) is 3. The summed E-state index contributed by atoms with van der Waals surface area (Å²) in [5.41, 5.74) is 2.56. The highest BCUT2D eigenvalue weighted by Crippen LogP contribution is 2.29. The second-order valence-electron chi connectivity index (χ2n) is 5.25. The molecule has 0 aromatic heterocycles. The molecule has 1 atom stereocenters. The average molecular weight is 288 g/mol. The lowest BCUT2D eigenvalue weighted by atomic mass is 9.82. The topological polar surface area (TPSA) is 64.7 Å². The molecule has 0 saturated heterocycles. The van der Waals surface area contributed by atoms with Gasteiger partial charge in [-0.2, -0.15) is 10.5 Å². The van der Waals surface area contributed by atoms with Gasteiger partial charge >= 0.3 is 0 Å². The number of hydrogen-bond donors (Lipinski definition) is 0. The van der Waals surface area contributed by atoms with Crippen molar-refractivity contribution < 1.29 is 4.79 Å². The van der Waals surface area contributed by atoms with Crippen LogP contribution < -0.4 is 0 Å². The Balaban J connectivity index is 2.30. The number of carbonyl (C=O) groups is 1. The lowest BCUT2D eigenvalue weighted by Crippen LogP contribution is -2.15. The first-order valence-electron chi connectivity index (χ1n) is 7.09. The van der Waals surface area contributed by atoms with Gasteiger partial charge in [0.05, 0.1) is 12.1 Å². The summed E-state index contributed by atoms with van der Waals surface area (Å²) >= 11 is 0. The van der Waals surface area contributed by atoms with E-state index < -0.39 is 11.8 Å². The number of aryl methyl sites for hydroxylation is 1. The van der Waals surface area contributed by atoms with Gasteiger partial charge in [0.15, 0.2) is 5.78 Å². The molecule has 0 saturated carbocycles. The lowest BCUT2D eigenvalue weighted by Gasteiger charge is -2.17. The maximum absolute atomic E-state index is 12.4. The Hall–Kier alpha value is -2.91. The van der Waals surface area contributed by atoms with E-state index in [4.69, 9.17) is 0 Å². The maximum atomic E-state index is 12.4. The van der Waals surface area contributed by atoms with Gasteiger partial charge in [-0.15, -0.1) is 0 Å². The van der Waals surface area contributed by atoms with Gasteiger partial charge < -0.3 is 0 Å². The van der Waals surface area contributed by atoms with Gasteiger partial charge in [-0.05, 0) is 12.5 Å². The Labute approximate surface area is 130 Å². The van der Waals surface area contributed by atoms with Gasteiger partial charge in [0.2, 0.25) is 0 Å². The molecule has 2 aromatic carbocycles. The van der Waals surface area contributed by atoms with E-state index in [0.29, 0.717) is 5.56 Å². The first kappa shape index (κ1) is 15.5. The van der Waals surface area contributed by atoms with E-state index in [-0.39, 0.29) is 12.2 Å². The number of nitrogens with zero attached hydrogens (tertiary/aromatic N) is 2. The van der Waals surface area contributed by atoms with E-state index >= 15 is 0 Å². The zero-order chi connectivity index (χ0) is 15.9. The van der Waals surface area contributed by atoms with Gasteiger partial charge in [-0.25, -0.2) is 0 Å². The molecule has 0 bridgehead atoms. The highest BCUT2D eigenvalue weighted by molar-refractivity contribution is 5.96. The summed E-state index contributed by atoms with van der Waals surface area (Å²) in [7, 11) is 0. The predicted octanol–water partition coefficient (Wildman–Crippen LogP) is 4.01. The summed E-state index contributed by atoms with van der Waals surface area (Å²) in [6, 6.07) is 20.6. The van der Waals surface area contributed by atoms with Crippen LogP contribution in [0.25, 0.3) is 0 Å². The molecule has 3 nitrogen and oxygen atoms in total. The van der Waals surface area contributed by atoms with Crippen molar-refractivity contribution in [3.05, 3.63) is 71.3 Å². The fourth-order valence-corrected chi connectivity index (χ4v) is 2.39. The molecule has 2 rings (SSSR count). The summed E-state index contributed by atoms with van der Waals surface area (Å²) in [5.74, 6) is -1.31. The van der Waals surface area contributed by atoms with Gasteiger partial charge in [0.25, 0.3) is 0 Å². The first-order chi connectivity index (χ1) is 10.7. The fraction of sp³-hybridized carbons (Fsp3) is 0.211. The van der Waals surface area contributed by atoms with Crippen molar-refractivity contribution in [2.24, 2.45) is 5.92 Å². The molecule has 108 valence electrons. The average Bonchev–Trinajstić information content (AvgIpc) is 2.56. The minimum atomic E-state index is -0.838. The minimum Gasteiger partial charge on any atom is -0.294 e. The van der Waals surface area contributed by atoms with Crippen LogP contribution in [0.5, 0.6) is 0 Å². The molecule has 0 N–H and O–H groups in total. The summed E-state index contributed by atoms with van der Waals surface area (Å²) in [4.78, 5) is 12.4. The zero-order valence-corrected chi connectivity index (χ0v) is 12.4. The number of carbonyl (C=O) groups excluding carboxylic acids is 1. The van der Waals surface area contributed by atoms with Crippen LogP contribution in [-0.4, -0.2) is 5.78 Å². The van der Waals surface area contributed by atoms with Gasteiger partial charge in [0, 0.05) is 17.9 Å². The van der Waals surface area contributed by atoms with E-state index in [1.807, 2.05) is 49.4 Å². The molecule has 0 aliphatic carbocycles. The normalized spacial score (nSPS) is 11.5. The summed E-state index contributed by atoms with van der Waals surface area (Å²) in [5, 5.41) is 18.4. The highest BCUT2D eigenvalue weighted by atomic mass is 16.1. The van der Waals surface area contributed by atoms with Crippen molar-refractivity contribution in [1.29, 1.82) is 10.5 Å². The van der Waals surface area contributed by atoms with Crippen molar-refractivity contribution >= 4 is 5.78 Å². The number of rotatable bonds is 5. The summed E-state index contributed by atoms with van der Waals surface area (Å²) in [6.07, 6.45) is 0.152. The smallest absolute Gasteiger partial charge is 0.163 e. The van der Waals surface area contributed by atoms with Crippen molar-refractivity contribution in [1.82, 2.24) is 0 Å². The van der Waals surface area contributed by atoms with E-state index in [9.17, 15) is 15.3 Å². The molecule has 2 aromatic rings. The third-order valence-corrected chi connectivity index (χ3v) is 3.69. The number of benzene rings is 2. The van der Waals surface area contributed by atoms with Crippen LogP contribution in [0.15, 0.2) is 54.6 Å². The van der Waals surface area contributed by atoms with Crippen LogP contribution in [-0.2, 0) is 0 Å². The Morgan fingerprint density at radius 3 is 2.14 bits per heavy atom. The molecule has 0 radical (unpaired) electrons. The van der Waals surface area contributed by atoms with E-state index in [1.54, 1.807) is 24.3 Å². The fourth-order valence-electron chi connectivity index (χ4n) is 2.39. The number of ketones is 1. The van der Waals surface area contributed by atoms with Crippen LogP contribution in [0.2, 0.25) is 0 Å². The second kappa shape index (κ2) is 7.20. The molecule has 0 fully saturated rings. The SMILES string of the molecule is Cc1ccc(C(CC(=O)c2ccccc2)C(C#N)C#N)cc1. The summed E-state index contributed by atoms with van der Waals surface area (Å²) < 4.78 is 0. The Bertz CT molecular complexity index is 707. The van der Waals surface area contributed by atoms with Gasteiger partial charge in [-0.3, -0.25) is 4.79 Å². The van der Waals surface area contributed by atoms with Crippen molar-refractivity contribution in [2.45, 2.75) is 19.3 Å². The number of nitriles is 2. The maximum Gasteiger partial charge on any atom is 0.163 e. The van der Waals surface area contributed by atoms with E-state index in [1.165, 1.54) is 0 Å². The Kier molecular flexibility index (Phi) is 5.07. The zero-order valence-electron chi connectivity index (χ0n) is 12.4. The minimum absolute atomic E-state index is 0.0540. The molecule has 22 heavy (non-hydrogen) atoms. The Morgan fingerprint density at radius 1 is 1.00 bits per heavy atom. The van der Waals surface area contributed by atoms with E-state index in [0.717, 1.165) is 11.1 Å². The monoisotopic (exact) mass is 288 g/mol. The molecule has 3 heteroatoms. The molecule has 0 aliphatic rings. The third-order valence-electron chi connectivity index (χ3n) is 3.69. The Morgan fingerprint density at radius 2 is 1.59 bits per heavy atom. The predicted molar refractivity (Wildman–Crippen MR) is 84.0 cm³/mol. The highest BCUT2D eigenvalue weighted by Gasteiger charge is 2.26. The van der Waals surface area contributed by atoms with Gasteiger partial charge in [-0.1, -0.05) is 60.2 Å². The van der Waals surface area contributed by atoms with Crippen molar-refractivity contribution in [3.63, 3.8) is 0 Å². The molecule has 0 heterocycles. The van der Waals surface area contributed by atoms with Crippen molar-refractivity contribution in [2.75, 3.05) is 0 Å². The van der Waals surface area contributed by atoms with Crippen LogP contribution in [0.3, 0.4) is 0 Å². The number of Topliss-reactive ketones (excluding diaryl/α,β-unsaturated/α-hetero) is 1. The standard InChI is InChI=1S/C19H16N2O/c1-14-7-9-15(10-8-14)18(17(12-20)13-21)11-19(22)16-5-3-2-4-6-16/h2-10,17-18H,11H2,1H3. The van der Waals surface area contributed by atoms with Crippen LogP contribution >= 0.6 is 0 Å². The molecular weight excluding hydrogens is 272 g/mol. The lowest BCUT2D eigenvalue weighted by molar-refractivity contribution is 0.0971.